The van der Waals surface area contributed by atoms with Crippen LogP contribution in [-0.4, -0.2) is 51.0 Å². The smallest absolute Gasteiger partial charge is 0.415 e. The van der Waals surface area contributed by atoms with E-state index in [4.69, 9.17) is 15.2 Å². The number of anilines is 2. The number of cyclic esters (lactones) is 1. The molecule has 0 spiro atoms. The topological polar surface area (TPSA) is 85.1 Å². The minimum absolute atomic E-state index is 0.00942. The zero-order valence-electron chi connectivity index (χ0n) is 11.8. The predicted octanol–water partition coefficient (Wildman–Crippen LogP) is 0.473. The fraction of sp³-hybridized carbons (Fsp3) is 0.429. The Morgan fingerprint density at radius 2 is 2.05 bits per heavy atom. The second kappa shape index (κ2) is 5.80. The molecule has 0 bridgehead atoms. The van der Waals surface area contributed by atoms with E-state index in [9.17, 15) is 14.0 Å². The number of halogens is 1. The second-order valence-corrected chi connectivity index (χ2v) is 5.12. The molecule has 7 nitrogen and oxygen atoms in total. The number of rotatable bonds is 3. The Morgan fingerprint density at radius 1 is 1.32 bits per heavy atom. The number of nitrogens with zero attached hydrogens (tertiary/aromatic N) is 2. The summed E-state index contributed by atoms with van der Waals surface area (Å²) in [5, 5.41) is 0. The Hall–Kier alpha value is -2.35. The monoisotopic (exact) mass is 309 g/mol. The van der Waals surface area contributed by atoms with Gasteiger partial charge in [-0.2, -0.15) is 0 Å². The Labute approximate surface area is 126 Å². The maximum Gasteiger partial charge on any atom is 0.415 e. The first-order chi connectivity index (χ1) is 10.6. The molecule has 2 aliphatic heterocycles. The predicted molar refractivity (Wildman–Crippen MR) is 76.2 cm³/mol. The number of nitrogens with two attached hydrogens (primary N) is 1. The fourth-order valence-corrected chi connectivity index (χ4v) is 2.55. The van der Waals surface area contributed by atoms with Gasteiger partial charge in [-0.05, 0) is 18.2 Å². The molecule has 0 saturated carbocycles. The molecule has 2 heterocycles. The van der Waals surface area contributed by atoms with E-state index in [-0.39, 0.29) is 6.54 Å². The van der Waals surface area contributed by atoms with Crippen molar-refractivity contribution < 1.29 is 23.5 Å². The van der Waals surface area contributed by atoms with E-state index in [0.717, 1.165) is 0 Å². The molecule has 22 heavy (non-hydrogen) atoms. The number of hydrogen-bond acceptors (Lipinski definition) is 5. The van der Waals surface area contributed by atoms with Crippen molar-refractivity contribution in [3.05, 3.63) is 24.0 Å². The van der Waals surface area contributed by atoms with Gasteiger partial charge < -0.3 is 20.1 Å². The van der Waals surface area contributed by atoms with Gasteiger partial charge in [0.15, 0.2) is 6.10 Å². The Morgan fingerprint density at radius 3 is 2.64 bits per heavy atom. The summed E-state index contributed by atoms with van der Waals surface area (Å²) >= 11 is 0. The van der Waals surface area contributed by atoms with E-state index >= 15 is 0 Å². The molecule has 118 valence electrons. The summed E-state index contributed by atoms with van der Waals surface area (Å²) in [6.45, 7) is 2.34. The molecule has 3 rings (SSSR count). The fourth-order valence-electron chi connectivity index (χ4n) is 2.55. The van der Waals surface area contributed by atoms with Crippen molar-refractivity contribution in [3.63, 3.8) is 0 Å². The third-order valence-corrected chi connectivity index (χ3v) is 3.72. The number of carbonyl (C=O) groups excluding carboxylic acids is 2. The molecule has 1 aromatic carbocycles. The van der Waals surface area contributed by atoms with Gasteiger partial charge in [-0.3, -0.25) is 9.69 Å². The van der Waals surface area contributed by atoms with E-state index in [0.29, 0.717) is 37.7 Å². The van der Waals surface area contributed by atoms with Crippen LogP contribution in [0.4, 0.5) is 20.6 Å². The van der Waals surface area contributed by atoms with E-state index in [2.05, 4.69) is 0 Å². The molecule has 2 fully saturated rings. The van der Waals surface area contributed by atoms with Crippen LogP contribution in [0.15, 0.2) is 18.2 Å². The number of benzene rings is 1. The molecule has 2 N–H and O–H groups in total. The highest BCUT2D eigenvalue weighted by molar-refractivity contribution is 5.95. The zero-order chi connectivity index (χ0) is 15.7. The summed E-state index contributed by atoms with van der Waals surface area (Å²) in [5.74, 6) is -1.16. The van der Waals surface area contributed by atoms with Gasteiger partial charge in [0.25, 0.3) is 5.91 Å². The van der Waals surface area contributed by atoms with Crippen LogP contribution in [0.2, 0.25) is 0 Å². The highest BCUT2D eigenvalue weighted by Crippen LogP contribution is 2.28. The number of hydrogen-bond donors (Lipinski definition) is 1. The summed E-state index contributed by atoms with van der Waals surface area (Å²) in [4.78, 5) is 25.9. The minimum atomic E-state index is -1.01. The number of morpholine rings is 1. The van der Waals surface area contributed by atoms with Gasteiger partial charge in [-0.1, -0.05) is 0 Å². The first-order valence-electron chi connectivity index (χ1n) is 6.96. The van der Waals surface area contributed by atoms with Crippen LogP contribution in [0.5, 0.6) is 0 Å². The summed E-state index contributed by atoms with van der Waals surface area (Å²) in [6, 6.07) is 4.49. The van der Waals surface area contributed by atoms with Crippen LogP contribution in [-0.2, 0) is 14.3 Å². The molecule has 1 aromatic rings. The molecule has 0 radical (unpaired) electrons. The Bertz CT molecular complexity index is 604. The van der Waals surface area contributed by atoms with Crippen molar-refractivity contribution >= 4 is 23.4 Å². The first-order valence-corrected chi connectivity index (χ1v) is 6.96. The number of carbonyl (C=O) groups is 2. The molecule has 2 aliphatic rings. The number of primary amides is 1. The van der Waals surface area contributed by atoms with Gasteiger partial charge >= 0.3 is 6.09 Å². The van der Waals surface area contributed by atoms with E-state index in [1.54, 1.807) is 12.1 Å². The van der Waals surface area contributed by atoms with Crippen LogP contribution in [0.1, 0.15) is 0 Å². The second-order valence-electron chi connectivity index (χ2n) is 5.12. The third kappa shape index (κ3) is 2.69. The van der Waals surface area contributed by atoms with Crippen LogP contribution < -0.4 is 15.5 Å². The molecule has 1 unspecified atom stereocenters. The summed E-state index contributed by atoms with van der Waals surface area (Å²) in [5.41, 5.74) is 5.92. The molecule has 2 amide bonds. The summed E-state index contributed by atoms with van der Waals surface area (Å²) < 4.78 is 24.4. The van der Waals surface area contributed by atoms with Gasteiger partial charge in [0.05, 0.1) is 31.1 Å². The molecule has 8 heteroatoms. The van der Waals surface area contributed by atoms with Crippen molar-refractivity contribution in [1.29, 1.82) is 0 Å². The van der Waals surface area contributed by atoms with Crippen molar-refractivity contribution in [2.24, 2.45) is 5.73 Å². The van der Waals surface area contributed by atoms with Crippen LogP contribution in [0, 0.1) is 5.82 Å². The lowest BCUT2D eigenvalue weighted by molar-refractivity contribution is -0.124. The van der Waals surface area contributed by atoms with Gasteiger partial charge in [-0.15, -0.1) is 0 Å². The van der Waals surface area contributed by atoms with Gasteiger partial charge in [-0.25, -0.2) is 9.18 Å². The third-order valence-electron chi connectivity index (χ3n) is 3.72. The van der Waals surface area contributed by atoms with Gasteiger partial charge in [0, 0.05) is 13.1 Å². The van der Waals surface area contributed by atoms with E-state index < -0.39 is 23.9 Å². The van der Waals surface area contributed by atoms with Gasteiger partial charge in [0.2, 0.25) is 0 Å². The highest BCUT2D eigenvalue weighted by atomic mass is 19.1. The van der Waals surface area contributed by atoms with Crippen molar-refractivity contribution in [3.8, 4) is 0 Å². The standard InChI is InChI=1S/C14H16FN3O4/c15-10-7-9(18-8-12(13(16)19)22-14(18)20)1-2-11(10)17-3-5-21-6-4-17/h1-2,7,12H,3-6,8H2,(H2,16,19). The first kappa shape index (κ1) is 14.6. The molecule has 2 saturated heterocycles. The molecule has 0 aliphatic carbocycles. The Balaban J connectivity index is 1.80. The lowest BCUT2D eigenvalue weighted by atomic mass is 10.2. The minimum Gasteiger partial charge on any atom is -0.434 e. The lowest BCUT2D eigenvalue weighted by Crippen LogP contribution is -2.36. The molecular weight excluding hydrogens is 293 g/mol. The highest BCUT2D eigenvalue weighted by Gasteiger charge is 2.36. The quantitative estimate of drug-likeness (QED) is 0.877. The normalized spacial score (nSPS) is 21.9. The zero-order valence-corrected chi connectivity index (χ0v) is 11.8. The Kier molecular flexibility index (Phi) is 3.84. The van der Waals surface area contributed by atoms with Crippen molar-refractivity contribution in [2.45, 2.75) is 6.10 Å². The summed E-state index contributed by atoms with van der Waals surface area (Å²) in [6.07, 6.45) is -1.71. The largest absolute Gasteiger partial charge is 0.434 e. The molecule has 1 atom stereocenters. The summed E-state index contributed by atoms with van der Waals surface area (Å²) in [7, 11) is 0. The SMILES string of the molecule is NC(=O)C1CN(c2ccc(N3CCOCC3)c(F)c2)C(=O)O1. The maximum absolute atomic E-state index is 14.3. The molecular formula is C14H16FN3O4. The maximum atomic E-state index is 14.3. The average molecular weight is 309 g/mol. The van der Waals surface area contributed by atoms with Crippen LogP contribution in [0.3, 0.4) is 0 Å². The van der Waals surface area contributed by atoms with Crippen LogP contribution in [0.25, 0.3) is 0 Å². The lowest BCUT2D eigenvalue weighted by Gasteiger charge is -2.29. The van der Waals surface area contributed by atoms with E-state index in [1.807, 2.05) is 4.90 Å². The van der Waals surface area contributed by atoms with Crippen molar-refractivity contribution in [1.82, 2.24) is 0 Å². The van der Waals surface area contributed by atoms with Crippen LogP contribution >= 0.6 is 0 Å². The van der Waals surface area contributed by atoms with E-state index in [1.165, 1.54) is 11.0 Å². The van der Waals surface area contributed by atoms with Crippen molar-refractivity contribution in [2.75, 3.05) is 42.6 Å². The average Bonchev–Trinajstić information content (AvgIpc) is 2.90. The number of amides is 2. The van der Waals surface area contributed by atoms with Gasteiger partial charge in [0.1, 0.15) is 5.82 Å². The molecule has 0 aromatic heterocycles. The number of ether oxygens (including phenoxy) is 2.